The number of carbonyl (C=O) groups is 2. The van der Waals surface area contributed by atoms with E-state index >= 15 is 0 Å². The van der Waals surface area contributed by atoms with Crippen molar-refractivity contribution < 1.29 is 9.59 Å². The van der Waals surface area contributed by atoms with Gasteiger partial charge in [-0.3, -0.25) is 9.59 Å². The highest BCUT2D eigenvalue weighted by Crippen LogP contribution is 2.29. The number of hydrogen-bond acceptors (Lipinski definition) is 6. The van der Waals surface area contributed by atoms with E-state index in [1.807, 2.05) is 66.4 Å². The van der Waals surface area contributed by atoms with Crippen LogP contribution >= 0.6 is 11.8 Å². The summed E-state index contributed by atoms with van der Waals surface area (Å²) in [5.74, 6) is 1.65. The molecule has 4 rings (SSSR count). The second kappa shape index (κ2) is 12.0. The number of hydrogen-bond donors (Lipinski definition) is 1. The van der Waals surface area contributed by atoms with Gasteiger partial charge in [-0.1, -0.05) is 75.0 Å². The molecule has 1 fully saturated rings. The van der Waals surface area contributed by atoms with Crippen molar-refractivity contribution in [1.82, 2.24) is 20.2 Å². The molecule has 1 N–H and O–H groups in total. The van der Waals surface area contributed by atoms with Gasteiger partial charge in [0.1, 0.15) is 5.82 Å². The van der Waals surface area contributed by atoms with Crippen molar-refractivity contribution in [3.63, 3.8) is 0 Å². The van der Waals surface area contributed by atoms with E-state index in [4.69, 9.17) is 9.97 Å². The molecular formula is C30H37N5O2S. The van der Waals surface area contributed by atoms with Crippen LogP contribution in [0.2, 0.25) is 0 Å². The molecule has 1 atom stereocenters. The van der Waals surface area contributed by atoms with Crippen LogP contribution in [0.3, 0.4) is 0 Å². The Hall–Kier alpha value is -3.39. The first kappa shape index (κ1) is 27.6. The summed E-state index contributed by atoms with van der Waals surface area (Å²) in [6.45, 7) is 13.0. The standard InChI is InChI=1S/C30H37N5O2S/c1-21(24-9-7-6-8-10-24)31-28(37)25-13-11-23(12-14-25)20-38-29-32-26(30(3,4)5)19-27(33-29)35-17-15-34(16-18-35)22(2)36/h6-14,19,21H,15-18,20H2,1-5H3,(H,31,37). The maximum absolute atomic E-state index is 12.7. The molecule has 0 radical (unpaired) electrons. The molecule has 0 saturated carbocycles. The van der Waals surface area contributed by atoms with Crippen LogP contribution in [-0.4, -0.2) is 52.9 Å². The lowest BCUT2D eigenvalue weighted by Crippen LogP contribution is -2.48. The van der Waals surface area contributed by atoms with Crippen molar-refractivity contribution in [3.05, 3.63) is 83.0 Å². The first-order chi connectivity index (χ1) is 18.1. The molecule has 1 aliphatic rings. The van der Waals surface area contributed by atoms with Crippen LogP contribution in [0.5, 0.6) is 0 Å². The molecule has 2 heterocycles. The zero-order valence-corrected chi connectivity index (χ0v) is 23.7. The van der Waals surface area contributed by atoms with Crippen LogP contribution in [-0.2, 0) is 16.0 Å². The van der Waals surface area contributed by atoms with Gasteiger partial charge in [-0.15, -0.1) is 0 Å². The highest BCUT2D eigenvalue weighted by Gasteiger charge is 2.24. The predicted molar refractivity (Wildman–Crippen MR) is 154 cm³/mol. The van der Waals surface area contributed by atoms with Crippen LogP contribution in [0.25, 0.3) is 0 Å². The van der Waals surface area contributed by atoms with Gasteiger partial charge in [0.05, 0.1) is 11.7 Å². The van der Waals surface area contributed by atoms with Crippen LogP contribution in [0.1, 0.15) is 67.8 Å². The number of carbonyl (C=O) groups excluding carboxylic acids is 2. The number of nitrogens with zero attached hydrogens (tertiary/aromatic N) is 4. The SMILES string of the molecule is CC(=O)N1CCN(c2cc(C(C)(C)C)nc(SCc3ccc(C(=O)NC(C)c4ccccc4)cc3)n2)CC1. The lowest BCUT2D eigenvalue weighted by molar-refractivity contribution is -0.129. The van der Waals surface area contributed by atoms with Gasteiger partial charge in [0.25, 0.3) is 5.91 Å². The normalized spacial score (nSPS) is 14.8. The molecule has 1 aromatic heterocycles. The maximum atomic E-state index is 12.7. The van der Waals surface area contributed by atoms with E-state index in [0.717, 1.165) is 40.9 Å². The third kappa shape index (κ3) is 7.13. The summed E-state index contributed by atoms with van der Waals surface area (Å²) in [5, 5.41) is 3.80. The quantitative estimate of drug-likeness (QED) is 0.332. The minimum absolute atomic E-state index is 0.0641. The number of benzene rings is 2. The Kier molecular flexibility index (Phi) is 8.72. The largest absolute Gasteiger partial charge is 0.353 e. The third-order valence-corrected chi connectivity index (χ3v) is 7.66. The van der Waals surface area contributed by atoms with E-state index in [9.17, 15) is 9.59 Å². The molecule has 1 saturated heterocycles. The van der Waals surface area contributed by atoms with Crippen molar-refractivity contribution in [2.24, 2.45) is 0 Å². The Bertz CT molecular complexity index is 1250. The fourth-order valence-electron chi connectivity index (χ4n) is 4.28. The van der Waals surface area contributed by atoms with Crippen LogP contribution in [0.4, 0.5) is 5.82 Å². The predicted octanol–water partition coefficient (Wildman–Crippen LogP) is 5.23. The average Bonchev–Trinajstić information content (AvgIpc) is 2.92. The first-order valence-electron chi connectivity index (χ1n) is 13.1. The number of nitrogens with one attached hydrogen (secondary N) is 1. The maximum Gasteiger partial charge on any atom is 0.251 e. The van der Waals surface area contributed by atoms with E-state index in [-0.39, 0.29) is 23.3 Å². The van der Waals surface area contributed by atoms with Crippen molar-refractivity contribution in [1.29, 1.82) is 0 Å². The van der Waals surface area contributed by atoms with Gasteiger partial charge in [-0.2, -0.15) is 0 Å². The Morgan fingerprint density at radius 3 is 2.24 bits per heavy atom. The van der Waals surface area contributed by atoms with Gasteiger partial charge >= 0.3 is 0 Å². The molecule has 1 aliphatic heterocycles. The second-order valence-corrected chi connectivity index (χ2v) is 11.7. The van der Waals surface area contributed by atoms with Gasteiger partial charge in [0.2, 0.25) is 5.91 Å². The zero-order chi connectivity index (χ0) is 27.3. The van der Waals surface area contributed by atoms with Crippen molar-refractivity contribution >= 4 is 29.4 Å². The number of anilines is 1. The topological polar surface area (TPSA) is 78.4 Å². The minimum Gasteiger partial charge on any atom is -0.353 e. The fourth-order valence-corrected chi connectivity index (χ4v) is 5.09. The van der Waals surface area contributed by atoms with Crippen LogP contribution < -0.4 is 10.2 Å². The number of aromatic nitrogens is 2. The third-order valence-electron chi connectivity index (χ3n) is 6.74. The molecule has 1 unspecified atom stereocenters. The molecule has 38 heavy (non-hydrogen) atoms. The molecule has 3 aromatic rings. The number of amides is 2. The average molecular weight is 532 g/mol. The lowest BCUT2D eigenvalue weighted by atomic mass is 9.92. The Morgan fingerprint density at radius 2 is 1.63 bits per heavy atom. The minimum atomic E-state index is -0.111. The summed E-state index contributed by atoms with van der Waals surface area (Å²) in [6.07, 6.45) is 0. The Labute approximate surface area is 230 Å². The number of piperazine rings is 1. The second-order valence-electron chi connectivity index (χ2n) is 10.7. The van der Waals surface area contributed by atoms with Crippen molar-refractivity contribution in [2.75, 3.05) is 31.1 Å². The van der Waals surface area contributed by atoms with E-state index in [1.165, 1.54) is 0 Å². The molecule has 0 spiro atoms. The van der Waals surface area contributed by atoms with Crippen molar-refractivity contribution in [3.8, 4) is 0 Å². The van der Waals surface area contributed by atoms with Crippen LogP contribution in [0.15, 0.2) is 65.8 Å². The summed E-state index contributed by atoms with van der Waals surface area (Å²) in [7, 11) is 0. The van der Waals surface area contributed by atoms with E-state index in [0.29, 0.717) is 24.4 Å². The monoisotopic (exact) mass is 531 g/mol. The number of thioether (sulfide) groups is 1. The van der Waals surface area contributed by atoms with Gasteiger partial charge < -0.3 is 15.1 Å². The molecule has 2 amide bonds. The zero-order valence-electron chi connectivity index (χ0n) is 22.9. The summed E-state index contributed by atoms with van der Waals surface area (Å²) in [4.78, 5) is 38.3. The fraction of sp³-hybridized carbons (Fsp3) is 0.400. The first-order valence-corrected chi connectivity index (χ1v) is 14.1. The molecular weight excluding hydrogens is 494 g/mol. The molecule has 0 bridgehead atoms. The van der Waals surface area contributed by atoms with Gasteiger partial charge in [-0.25, -0.2) is 9.97 Å². The highest BCUT2D eigenvalue weighted by molar-refractivity contribution is 7.98. The highest BCUT2D eigenvalue weighted by atomic mass is 32.2. The van der Waals surface area contributed by atoms with E-state index in [2.05, 4.69) is 37.1 Å². The molecule has 0 aliphatic carbocycles. The number of rotatable bonds is 7. The summed E-state index contributed by atoms with van der Waals surface area (Å²) in [6, 6.07) is 19.7. The molecule has 2 aromatic carbocycles. The molecule has 200 valence electrons. The summed E-state index contributed by atoms with van der Waals surface area (Å²) < 4.78 is 0. The smallest absolute Gasteiger partial charge is 0.251 e. The summed E-state index contributed by atoms with van der Waals surface area (Å²) >= 11 is 1.60. The molecule has 7 nitrogen and oxygen atoms in total. The molecule has 8 heteroatoms. The van der Waals surface area contributed by atoms with E-state index < -0.39 is 0 Å². The Morgan fingerprint density at radius 1 is 0.974 bits per heavy atom. The van der Waals surface area contributed by atoms with Gasteiger partial charge in [-0.05, 0) is 30.2 Å². The van der Waals surface area contributed by atoms with Crippen LogP contribution in [0, 0.1) is 0 Å². The van der Waals surface area contributed by atoms with E-state index in [1.54, 1.807) is 18.7 Å². The summed E-state index contributed by atoms with van der Waals surface area (Å²) in [5.41, 5.74) is 3.70. The lowest BCUT2D eigenvalue weighted by Gasteiger charge is -2.35. The van der Waals surface area contributed by atoms with Gasteiger partial charge in [0.15, 0.2) is 5.16 Å². The van der Waals surface area contributed by atoms with Gasteiger partial charge in [0, 0.05) is 55.9 Å². The van der Waals surface area contributed by atoms with Crippen molar-refractivity contribution in [2.45, 2.75) is 57.0 Å². The Balaban J connectivity index is 1.41.